The molecule has 0 spiro atoms. The number of nitrogens with one attached hydrogen (secondary N) is 1. The number of rotatable bonds is 2. The molecule has 0 radical (unpaired) electrons. The number of morpholine rings is 1. The van der Waals surface area contributed by atoms with E-state index in [4.69, 9.17) is 27.9 Å². The Morgan fingerprint density at radius 3 is 2.69 bits per heavy atom. The summed E-state index contributed by atoms with van der Waals surface area (Å²) in [5.74, 6) is -0.281. The predicted octanol–water partition coefficient (Wildman–Crippen LogP) is 1.43. The highest BCUT2D eigenvalue weighted by Crippen LogP contribution is 2.28. The third kappa shape index (κ3) is 2.64. The molecule has 1 aliphatic rings. The molecule has 0 bridgehead atoms. The molecule has 1 aliphatic heterocycles. The fraction of sp³-hybridized carbons (Fsp3) is 0.500. The molecule has 1 amide bonds. The molecule has 0 aliphatic carbocycles. The molecule has 0 aromatic carbocycles. The van der Waals surface area contributed by atoms with Gasteiger partial charge in [-0.1, -0.05) is 23.2 Å². The van der Waals surface area contributed by atoms with E-state index in [9.17, 15) is 4.79 Å². The van der Waals surface area contributed by atoms with Crippen molar-refractivity contribution < 1.29 is 9.53 Å². The number of nitrogens with zero attached hydrogens (tertiary/aromatic N) is 2. The first-order valence-electron chi connectivity index (χ1n) is 4.63. The number of carbonyl (C=O) groups excluding carboxylic acids is 1. The second kappa shape index (κ2) is 5.29. The second-order valence-electron chi connectivity index (χ2n) is 3.16. The molecule has 1 N–H and O–H groups in total. The van der Waals surface area contributed by atoms with Gasteiger partial charge >= 0.3 is 0 Å². The largest absolute Gasteiger partial charge is 0.379 e. The average Bonchev–Trinajstić information content (AvgIpc) is 2.61. The van der Waals surface area contributed by atoms with E-state index in [0.29, 0.717) is 31.2 Å². The van der Waals surface area contributed by atoms with Gasteiger partial charge in [-0.25, -0.2) is 5.01 Å². The van der Waals surface area contributed by atoms with Crippen LogP contribution in [0.15, 0.2) is 0 Å². The number of hydrogen-bond acceptors (Lipinski definition) is 5. The highest BCUT2D eigenvalue weighted by atomic mass is 35.5. The lowest BCUT2D eigenvalue weighted by Crippen LogP contribution is -2.48. The van der Waals surface area contributed by atoms with Gasteiger partial charge < -0.3 is 4.74 Å². The Balaban J connectivity index is 1.99. The zero-order valence-electron chi connectivity index (χ0n) is 8.20. The van der Waals surface area contributed by atoms with E-state index in [1.54, 1.807) is 5.01 Å². The molecule has 1 aromatic rings. The summed E-state index contributed by atoms with van der Waals surface area (Å²) in [4.78, 5) is 12.1. The van der Waals surface area contributed by atoms with E-state index >= 15 is 0 Å². The van der Waals surface area contributed by atoms with Crippen molar-refractivity contribution in [3.05, 3.63) is 15.1 Å². The van der Waals surface area contributed by atoms with Crippen molar-refractivity contribution >= 4 is 40.6 Å². The third-order valence-electron chi connectivity index (χ3n) is 2.07. The summed E-state index contributed by atoms with van der Waals surface area (Å²) in [5.41, 5.74) is 2.73. The lowest BCUT2D eigenvalue weighted by atomic mass is 10.4. The van der Waals surface area contributed by atoms with Gasteiger partial charge in [-0.15, -0.1) is 0 Å². The smallest absolute Gasteiger partial charge is 0.278 e. The lowest BCUT2D eigenvalue weighted by Gasteiger charge is -2.26. The topological polar surface area (TPSA) is 54.5 Å². The van der Waals surface area contributed by atoms with Crippen molar-refractivity contribution in [2.75, 3.05) is 26.3 Å². The van der Waals surface area contributed by atoms with Crippen LogP contribution >= 0.6 is 34.7 Å². The highest BCUT2D eigenvalue weighted by molar-refractivity contribution is 7.09. The first-order chi connectivity index (χ1) is 7.68. The molecule has 1 fully saturated rings. The van der Waals surface area contributed by atoms with Crippen LogP contribution in [0.3, 0.4) is 0 Å². The molecule has 0 atom stereocenters. The van der Waals surface area contributed by atoms with Gasteiger partial charge in [0, 0.05) is 13.1 Å². The van der Waals surface area contributed by atoms with Crippen molar-refractivity contribution in [1.82, 2.24) is 14.8 Å². The Bertz CT molecular complexity index is 393. The Kier molecular flexibility index (Phi) is 3.99. The van der Waals surface area contributed by atoms with Crippen LogP contribution < -0.4 is 5.43 Å². The second-order valence-corrected chi connectivity index (χ2v) is 4.67. The Morgan fingerprint density at radius 1 is 1.44 bits per heavy atom. The number of carbonyl (C=O) groups is 1. The van der Waals surface area contributed by atoms with Crippen LogP contribution in [0.1, 0.15) is 9.67 Å². The van der Waals surface area contributed by atoms with Crippen molar-refractivity contribution in [1.29, 1.82) is 0 Å². The Labute approximate surface area is 106 Å². The monoisotopic (exact) mass is 281 g/mol. The zero-order valence-corrected chi connectivity index (χ0v) is 10.5. The number of amides is 1. The number of hydrazine groups is 1. The minimum absolute atomic E-state index is 0.166. The van der Waals surface area contributed by atoms with Crippen molar-refractivity contribution in [2.24, 2.45) is 0 Å². The molecule has 8 heteroatoms. The van der Waals surface area contributed by atoms with E-state index in [-0.39, 0.29) is 16.1 Å². The third-order valence-corrected chi connectivity index (χ3v) is 3.87. The summed E-state index contributed by atoms with van der Waals surface area (Å²) in [5, 5.41) is 2.16. The van der Waals surface area contributed by atoms with Crippen LogP contribution in [-0.2, 0) is 4.74 Å². The molecule has 16 heavy (non-hydrogen) atoms. The SMILES string of the molecule is O=C(NN1CCOCC1)c1snc(Cl)c1Cl. The lowest BCUT2D eigenvalue weighted by molar-refractivity contribution is 0.0127. The van der Waals surface area contributed by atoms with Gasteiger partial charge in [0.1, 0.15) is 9.90 Å². The van der Waals surface area contributed by atoms with Crippen LogP contribution in [0, 0.1) is 0 Å². The van der Waals surface area contributed by atoms with Crippen LogP contribution in [0.25, 0.3) is 0 Å². The van der Waals surface area contributed by atoms with E-state index in [0.717, 1.165) is 11.5 Å². The summed E-state index contributed by atoms with van der Waals surface area (Å²) in [6, 6.07) is 0. The van der Waals surface area contributed by atoms with E-state index in [1.807, 2.05) is 0 Å². The summed E-state index contributed by atoms with van der Waals surface area (Å²) in [6.45, 7) is 2.54. The molecule has 0 saturated carbocycles. The van der Waals surface area contributed by atoms with Crippen LogP contribution in [0.5, 0.6) is 0 Å². The van der Waals surface area contributed by atoms with E-state index in [1.165, 1.54) is 0 Å². The molecule has 0 unspecified atom stereocenters. The van der Waals surface area contributed by atoms with Crippen molar-refractivity contribution in [2.45, 2.75) is 0 Å². The Hall–Kier alpha value is -0.400. The summed E-state index contributed by atoms with van der Waals surface area (Å²) in [6.07, 6.45) is 0. The number of ether oxygens (including phenoxy) is 1. The van der Waals surface area contributed by atoms with Gasteiger partial charge in [0.25, 0.3) is 5.91 Å². The highest BCUT2D eigenvalue weighted by Gasteiger charge is 2.20. The normalized spacial score (nSPS) is 17.4. The van der Waals surface area contributed by atoms with Gasteiger partial charge in [0.05, 0.1) is 13.2 Å². The van der Waals surface area contributed by atoms with Crippen LogP contribution in [0.4, 0.5) is 0 Å². The number of halogens is 2. The molecule has 1 aromatic heterocycles. The molecule has 2 heterocycles. The Morgan fingerprint density at radius 2 is 2.12 bits per heavy atom. The maximum atomic E-state index is 11.8. The summed E-state index contributed by atoms with van der Waals surface area (Å²) < 4.78 is 8.97. The summed E-state index contributed by atoms with van der Waals surface area (Å²) in [7, 11) is 0. The summed E-state index contributed by atoms with van der Waals surface area (Å²) >= 11 is 12.5. The zero-order chi connectivity index (χ0) is 11.5. The van der Waals surface area contributed by atoms with Gasteiger partial charge in [-0.05, 0) is 11.5 Å². The first kappa shape index (κ1) is 12.1. The van der Waals surface area contributed by atoms with Crippen molar-refractivity contribution in [3.8, 4) is 0 Å². The molecule has 5 nitrogen and oxygen atoms in total. The molecular weight excluding hydrogens is 273 g/mol. The average molecular weight is 282 g/mol. The maximum Gasteiger partial charge on any atom is 0.278 e. The number of hydrogen-bond donors (Lipinski definition) is 1. The van der Waals surface area contributed by atoms with Gasteiger partial charge in [-0.3, -0.25) is 10.2 Å². The molecule has 1 saturated heterocycles. The standard InChI is InChI=1S/C8H9Cl2N3O2S/c9-5-6(16-12-7(5)10)8(14)11-13-1-3-15-4-2-13/h1-4H2,(H,11,14). The molecular formula is C8H9Cl2N3O2S. The fourth-order valence-corrected chi connectivity index (χ4v) is 2.37. The number of aromatic nitrogens is 1. The first-order valence-corrected chi connectivity index (χ1v) is 6.16. The van der Waals surface area contributed by atoms with E-state index < -0.39 is 0 Å². The van der Waals surface area contributed by atoms with Gasteiger partial charge in [0.2, 0.25) is 0 Å². The minimum atomic E-state index is -0.281. The van der Waals surface area contributed by atoms with Crippen LogP contribution in [-0.4, -0.2) is 41.6 Å². The maximum absolute atomic E-state index is 11.8. The van der Waals surface area contributed by atoms with Gasteiger partial charge in [0.15, 0.2) is 5.15 Å². The molecule has 88 valence electrons. The van der Waals surface area contributed by atoms with E-state index in [2.05, 4.69) is 9.80 Å². The van der Waals surface area contributed by atoms with Gasteiger partial charge in [-0.2, -0.15) is 4.37 Å². The van der Waals surface area contributed by atoms with Crippen LogP contribution in [0.2, 0.25) is 10.2 Å². The van der Waals surface area contributed by atoms with Crippen molar-refractivity contribution in [3.63, 3.8) is 0 Å². The fourth-order valence-electron chi connectivity index (χ4n) is 1.27. The minimum Gasteiger partial charge on any atom is -0.379 e. The quantitative estimate of drug-likeness (QED) is 0.891. The molecule has 2 rings (SSSR count). The predicted molar refractivity (Wildman–Crippen MR) is 62.0 cm³/mol.